The molecule has 1 aromatic carbocycles. The maximum atomic E-state index is 12.5. The highest BCUT2D eigenvalue weighted by Crippen LogP contribution is 2.40. The fraction of sp³-hybridized carbons (Fsp3) is 0.333. The monoisotopic (exact) mass is 390 g/mol. The van der Waals surface area contributed by atoms with Crippen LogP contribution in [0.25, 0.3) is 16.5 Å². The molecule has 0 saturated carbocycles. The number of furan rings is 1. The van der Waals surface area contributed by atoms with Crippen LogP contribution in [0.5, 0.6) is 5.75 Å². The van der Waals surface area contributed by atoms with Gasteiger partial charge in [0.25, 0.3) is 0 Å². The Morgan fingerprint density at radius 3 is 2.79 bits per heavy atom. The smallest absolute Gasteiger partial charge is 0.244 e. The highest BCUT2D eigenvalue weighted by Gasteiger charge is 2.23. The van der Waals surface area contributed by atoms with Crippen LogP contribution < -0.4 is 10.1 Å². The number of methoxy groups -OCH3 is 1. The number of allylic oxidation sites excluding steroid dienone is 1. The first-order valence-corrected chi connectivity index (χ1v) is 10.1. The van der Waals surface area contributed by atoms with Gasteiger partial charge in [0.05, 0.1) is 7.11 Å². The van der Waals surface area contributed by atoms with Gasteiger partial charge in [-0.15, -0.1) is 0 Å². The zero-order valence-electron chi connectivity index (χ0n) is 17.2. The Bertz CT molecular complexity index is 1080. The van der Waals surface area contributed by atoms with Gasteiger partial charge >= 0.3 is 0 Å². The molecule has 1 aliphatic carbocycles. The molecule has 5 heteroatoms. The minimum absolute atomic E-state index is 0.131. The molecule has 0 atom stereocenters. The molecule has 4 rings (SSSR count). The highest BCUT2D eigenvalue weighted by molar-refractivity contribution is 5.98. The third-order valence-corrected chi connectivity index (χ3v) is 5.62. The predicted molar refractivity (Wildman–Crippen MR) is 114 cm³/mol. The van der Waals surface area contributed by atoms with Crippen molar-refractivity contribution in [2.24, 2.45) is 0 Å². The number of hydrogen-bond donors (Lipinski definition) is 1. The second-order valence-electron chi connectivity index (χ2n) is 7.57. The van der Waals surface area contributed by atoms with Crippen LogP contribution in [0.4, 0.5) is 0 Å². The number of carbonyl (C=O) groups excluding carboxylic acids is 1. The number of amides is 1. The van der Waals surface area contributed by atoms with Crippen molar-refractivity contribution >= 4 is 22.4 Å². The molecular formula is C24H26N2O3. The average molecular weight is 390 g/mol. The van der Waals surface area contributed by atoms with Crippen molar-refractivity contribution in [1.29, 1.82) is 0 Å². The van der Waals surface area contributed by atoms with Crippen LogP contribution in [0, 0.1) is 6.92 Å². The van der Waals surface area contributed by atoms with Gasteiger partial charge in [0.2, 0.25) is 5.91 Å². The maximum absolute atomic E-state index is 12.5. The van der Waals surface area contributed by atoms with Gasteiger partial charge in [-0.25, -0.2) is 0 Å². The minimum Gasteiger partial charge on any atom is -0.496 e. The van der Waals surface area contributed by atoms with Crippen molar-refractivity contribution in [3.05, 3.63) is 64.7 Å². The summed E-state index contributed by atoms with van der Waals surface area (Å²) in [5.74, 6) is 1.73. The summed E-state index contributed by atoms with van der Waals surface area (Å²) in [6, 6.07) is 5.90. The minimum atomic E-state index is -0.131. The summed E-state index contributed by atoms with van der Waals surface area (Å²) in [4.78, 5) is 16.5. The molecule has 0 bridgehead atoms. The zero-order chi connectivity index (χ0) is 20.4. The van der Waals surface area contributed by atoms with Crippen molar-refractivity contribution in [3.63, 3.8) is 0 Å². The first-order valence-electron chi connectivity index (χ1n) is 10.1. The van der Waals surface area contributed by atoms with Crippen LogP contribution >= 0.6 is 0 Å². The van der Waals surface area contributed by atoms with E-state index in [1.54, 1.807) is 25.6 Å². The van der Waals surface area contributed by atoms with E-state index in [1.165, 1.54) is 18.4 Å². The van der Waals surface area contributed by atoms with E-state index in [4.69, 9.17) is 9.15 Å². The molecule has 0 unspecified atom stereocenters. The fourth-order valence-electron chi connectivity index (χ4n) is 4.11. The second kappa shape index (κ2) is 8.11. The molecule has 1 N–H and O–H groups in total. The molecule has 0 radical (unpaired) electrons. The summed E-state index contributed by atoms with van der Waals surface area (Å²) in [7, 11) is 1.66. The number of rotatable bonds is 5. The largest absolute Gasteiger partial charge is 0.496 e. The third kappa shape index (κ3) is 3.77. The van der Waals surface area contributed by atoms with Gasteiger partial charge < -0.3 is 14.5 Å². The van der Waals surface area contributed by atoms with E-state index >= 15 is 0 Å². The summed E-state index contributed by atoms with van der Waals surface area (Å²) in [5, 5.41) is 4.08. The average Bonchev–Trinajstić information content (AvgIpc) is 3.12. The lowest BCUT2D eigenvalue weighted by Gasteiger charge is -2.13. The van der Waals surface area contributed by atoms with Crippen LogP contribution in [0.1, 0.15) is 47.8 Å². The molecule has 2 aromatic heterocycles. The van der Waals surface area contributed by atoms with Crippen LogP contribution in [0.2, 0.25) is 0 Å². The molecule has 0 aliphatic heterocycles. The van der Waals surface area contributed by atoms with Crippen molar-refractivity contribution < 1.29 is 13.9 Å². The first-order chi connectivity index (χ1) is 14.1. The Hall–Kier alpha value is -3.08. The van der Waals surface area contributed by atoms with Crippen molar-refractivity contribution in [2.45, 2.75) is 46.1 Å². The SMILES string of the molecule is COc1c(/C(C)=C/C(=O)NCc2ccncc2)cc2c3c(oc2c1C)CCCC3. The van der Waals surface area contributed by atoms with E-state index in [-0.39, 0.29) is 5.91 Å². The number of nitrogens with one attached hydrogen (secondary N) is 1. The molecule has 1 amide bonds. The normalized spacial score (nSPS) is 14.0. The van der Waals surface area contributed by atoms with Gasteiger partial charge in [-0.3, -0.25) is 9.78 Å². The molecular weight excluding hydrogens is 364 g/mol. The van der Waals surface area contributed by atoms with Gasteiger partial charge in [-0.2, -0.15) is 0 Å². The molecule has 0 saturated heterocycles. The van der Waals surface area contributed by atoms with Crippen LogP contribution in [0.15, 0.2) is 41.1 Å². The number of pyridine rings is 1. The molecule has 0 fully saturated rings. The summed E-state index contributed by atoms with van der Waals surface area (Å²) in [6.45, 7) is 4.44. The summed E-state index contributed by atoms with van der Waals surface area (Å²) < 4.78 is 11.9. The first kappa shape index (κ1) is 19.2. The molecule has 29 heavy (non-hydrogen) atoms. The van der Waals surface area contributed by atoms with Gasteiger partial charge in [0.1, 0.15) is 17.1 Å². The second-order valence-corrected chi connectivity index (χ2v) is 7.57. The summed E-state index contributed by atoms with van der Waals surface area (Å²) in [5.41, 5.74) is 6.02. The third-order valence-electron chi connectivity index (χ3n) is 5.62. The number of carbonyl (C=O) groups is 1. The number of nitrogens with zero attached hydrogens (tertiary/aromatic N) is 1. The van der Waals surface area contributed by atoms with Gasteiger partial charge in [-0.1, -0.05) is 0 Å². The van der Waals surface area contributed by atoms with E-state index < -0.39 is 0 Å². The molecule has 1 aliphatic rings. The van der Waals surface area contributed by atoms with E-state index in [1.807, 2.05) is 26.0 Å². The summed E-state index contributed by atoms with van der Waals surface area (Å²) in [6.07, 6.45) is 9.47. The molecule has 150 valence electrons. The van der Waals surface area contributed by atoms with Crippen LogP contribution in [0.3, 0.4) is 0 Å². The van der Waals surface area contributed by atoms with Crippen molar-refractivity contribution in [3.8, 4) is 5.75 Å². The molecule has 3 aromatic rings. The number of hydrogen-bond acceptors (Lipinski definition) is 4. The topological polar surface area (TPSA) is 64.4 Å². The van der Waals surface area contributed by atoms with Crippen LogP contribution in [-0.2, 0) is 24.2 Å². The fourth-order valence-corrected chi connectivity index (χ4v) is 4.11. The van der Waals surface area contributed by atoms with E-state index in [9.17, 15) is 4.79 Å². The Labute approximate surface area is 170 Å². The Balaban J connectivity index is 1.66. The van der Waals surface area contributed by atoms with Gasteiger partial charge in [-0.05, 0) is 62.4 Å². The zero-order valence-corrected chi connectivity index (χ0v) is 17.2. The Morgan fingerprint density at radius 1 is 1.28 bits per heavy atom. The molecule has 0 spiro atoms. The standard InChI is InChI=1S/C24H26N2O3/c1-15(12-22(27)26-14-17-8-10-25-11-9-17)19-13-20-18-6-4-5-7-21(18)29-24(20)16(2)23(19)28-3/h8-13H,4-7,14H2,1-3H3,(H,26,27)/b15-12+. The Morgan fingerprint density at radius 2 is 2.03 bits per heavy atom. The number of aromatic nitrogens is 1. The summed E-state index contributed by atoms with van der Waals surface area (Å²) >= 11 is 0. The highest BCUT2D eigenvalue weighted by atomic mass is 16.5. The number of ether oxygens (including phenoxy) is 1. The predicted octanol–water partition coefficient (Wildman–Crippen LogP) is 4.74. The Kier molecular flexibility index (Phi) is 5.38. The quantitative estimate of drug-likeness (QED) is 0.639. The maximum Gasteiger partial charge on any atom is 0.244 e. The molecule has 2 heterocycles. The van der Waals surface area contributed by atoms with E-state index in [0.717, 1.165) is 57.6 Å². The van der Waals surface area contributed by atoms with E-state index in [0.29, 0.717) is 6.54 Å². The van der Waals surface area contributed by atoms with Crippen molar-refractivity contribution in [2.75, 3.05) is 7.11 Å². The lowest BCUT2D eigenvalue weighted by atomic mass is 9.93. The number of fused-ring (bicyclic) bond motifs is 3. The van der Waals surface area contributed by atoms with Gasteiger partial charge in [0, 0.05) is 53.5 Å². The lowest BCUT2D eigenvalue weighted by molar-refractivity contribution is -0.116. The lowest BCUT2D eigenvalue weighted by Crippen LogP contribution is -2.20. The van der Waals surface area contributed by atoms with Crippen LogP contribution in [-0.4, -0.2) is 18.0 Å². The van der Waals surface area contributed by atoms with Gasteiger partial charge in [0.15, 0.2) is 0 Å². The van der Waals surface area contributed by atoms with E-state index in [2.05, 4.69) is 16.4 Å². The van der Waals surface area contributed by atoms with Crippen molar-refractivity contribution in [1.82, 2.24) is 10.3 Å². The number of aryl methyl sites for hydroxylation is 3. The molecule has 5 nitrogen and oxygen atoms in total. The number of benzene rings is 1.